The first-order valence-electron chi connectivity index (χ1n) is 21.8. The van der Waals surface area contributed by atoms with E-state index in [2.05, 4.69) is 94.5 Å². The van der Waals surface area contributed by atoms with Gasteiger partial charge in [-0.05, 0) is 105 Å². The van der Waals surface area contributed by atoms with Crippen molar-refractivity contribution in [3.63, 3.8) is 0 Å². The van der Waals surface area contributed by atoms with E-state index in [1.165, 1.54) is 11.4 Å². The van der Waals surface area contributed by atoms with Crippen molar-refractivity contribution in [2.75, 3.05) is 102 Å². The third kappa shape index (κ3) is 12.7. The van der Waals surface area contributed by atoms with Crippen LogP contribution in [0.1, 0.15) is 92.4 Å². The van der Waals surface area contributed by atoms with Crippen LogP contribution in [0.25, 0.3) is 0 Å². The van der Waals surface area contributed by atoms with E-state index in [4.69, 9.17) is 9.47 Å². The van der Waals surface area contributed by atoms with Crippen LogP contribution in [0.2, 0.25) is 0 Å². The Morgan fingerprint density at radius 1 is 0.627 bits per heavy atom. The first-order chi connectivity index (χ1) is 27.7. The number of likely N-dealkylation sites (N-methyl/N-ethyl adjacent to an activating group) is 2. The van der Waals surface area contributed by atoms with Crippen LogP contribution < -0.4 is 15.1 Å². The highest BCUT2D eigenvalue weighted by atomic mass is 16.6. The molecule has 59 heavy (non-hydrogen) atoms. The first-order valence-corrected chi connectivity index (χ1v) is 21.8. The van der Waals surface area contributed by atoms with Crippen LogP contribution in [-0.4, -0.2) is 159 Å². The van der Waals surface area contributed by atoms with E-state index >= 15 is 0 Å². The highest BCUT2D eigenvalue weighted by Gasteiger charge is 2.40. The van der Waals surface area contributed by atoms with Crippen LogP contribution in [-0.2, 0) is 14.3 Å². The summed E-state index contributed by atoms with van der Waals surface area (Å²) in [5.41, 5.74) is 3.55. The molecule has 0 saturated carbocycles. The smallest absolute Gasteiger partial charge is 0.410 e. The molecule has 4 aliphatic rings. The lowest BCUT2D eigenvalue weighted by atomic mass is 9.98. The van der Waals surface area contributed by atoms with Gasteiger partial charge in [-0.2, -0.15) is 0 Å². The minimum atomic E-state index is -0.572. The number of piperazine rings is 4. The van der Waals surface area contributed by atoms with E-state index in [0.717, 1.165) is 70.0 Å². The van der Waals surface area contributed by atoms with Gasteiger partial charge in [-0.15, -0.1) is 0 Å². The summed E-state index contributed by atoms with van der Waals surface area (Å²) in [5, 5.41) is 3.51. The largest absolute Gasteiger partial charge is 0.444 e. The lowest BCUT2D eigenvalue weighted by Gasteiger charge is -2.46. The van der Waals surface area contributed by atoms with Crippen molar-refractivity contribution in [3.05, 3.63) is 59.7 Å². The molecule has 0 unspecified atom stereocenters. The third-order valence-corrected chi connectivity index (χ3v) is 11.5. The van der Waals surface area contributed by atoms with Gasteiger partial charge in [-0.25, -0.2) is 9.59 Å². The predicted octanol–water partition coefficient (Wildman–Crippen LogP) is 6.31. The summed E-state index contributed by atoms with van der Waals surface area (Å²) in [5.74, 6) is 0.0458. The Morgan fingerprint density at radius 2 is 1.07 bits per heavy atom. The third-order valence-electron chi connectivity index (χ3n) is 11.5. The van der Waals surface area contributed by atoms with Gasteiger partial charge in [0.2, 0.25) is 5.91 Å². The Labute approximate surface area is 354 Å². The van der Waals surface area contributed by atoms with Crippen LogP contribution >= 0.6 is 0 Å². The number of anilines is 2. The van der Waals surface area contributed by atoms with Gasteiger partial charge in [0.25, 0.3) is 0 Å². The van der Waals surface area contributed by atoms with Gasteiger partial charge in [-0.3, -0.25) is 14.6 Å². The molecule has 4 fully saturated rings. The zero-order valence-corrected chi connectivity index (χ0v) is 38.2. The summed E-state index contributed by atoms with van der Waals surface area (Å²) in [4.78, 5) is 54.0. The standard InChI is InChI=1S/C25H40N4O3.C21H34N4O2/c1-18(2)23(30)28-17-22(29(16-19(28)3)24(31)32-25(4,5)6)20-9-8-10-21(15-20)27-13-11-26(7)12-14-27;1-16-15-25(20(26)27-21(2,3)4)19(14-22-16)17-7-6-8-18(13-17)24-11-9-23(5)10-12-24/h8-10,15,18-19,22H,11-14,16-17H2,1-7H3;6-8,13,16,19,22H,9-12,14-15H2,1-5H3/t19-,22-;16-,19-/m11/s1. The summed E-state index contributed by atoms with van der Waals surface area (Å²) in [6, 6.07) is 17.0. The number of rotatable bonds is 5. The van der Waals surface area contributed by atoms with E-state index < -0.39 is 11.2 Å². The normalized spacial score (nSPS) is 23.8. The van der Waals surface area contributed by atoms with Gasteiger partial charge in [0, 0.05) is 108 Å². The minimum Gasteiger partial charge on any atom is -0.444 e. The Bertz CT molecular complexity index is 1710. The van der Waals surface area contributed by atoms with Crippen LogP contribution in [0.15, 0.2) is 48.5 Å². The molecular formula is C46H74N8O5. The molecule has 4 heterocycles. The number of nitrogens with zero attached hydrogens (tertiary/aromatic N) is 7. The summed E-state index contributed by atoms with van der Waals surface area (Å²) in [7, 11) is 4.32. The fourth-order valence-corrected chi connectivity index (χ4v) is 8.14. The molecule has 4 saturated heterocycles. The van der Waals surface area contributed by atoms with Gasteiger partial charge in [0.05, 0.1) is 12.1 Å². The van der Waals surface area contributed by atoms with E-state index in [0.29, 0.717) is 19.6 Å². The van der Waals surface area contributed by atoms with Crippen LogP contribution in [0, 0.1) is 5.92 Å². The van der Waals surface area contributed by atoms with Gasteiger partial charge in [0.15, 0.2) is 0 Å². The van der Waals surface area contributed by atoms with E-state index in [1.54, 1.807) is 0 Å². The van der Waals surface area contributed by atoms with Crippen molar-refractivity contribution in [3.8, 4) is 0 Å². The molecule has 13 heteroatoms. The quantitative estimate of drug-likeness (QED) is 0.370. The second-order valence-corrected chi connectivity index (χ2v) is 19.4. The Balaban J connectivity index is 0.000000227. The molecule has 0 aliphatic carbocycles. The predicted molar refractivity (Wildman–Crippen MR) is 237 cm³/mol. The second-order valence-electron chi connectivity index (χ2n) is 19.4. The summed E-state index contributed by atoms with van der Waals surface area (Å²) >= 11 is 0. The van der Waals surface area contributed by atoms with Crippen molar-refractivity contribution in [1.29, 1.82) is 0 Å². The zero-order chi connectivity index (χ0) is 43.2. The molecule has 0 spiro atoms. The maximum absolute atomic E-state index is 13.2. The lowest BCUT2D eigenvalue weighted by molar-refractivity contribution is -0.140. The van der Waals surface area contributed by atoms with Crippen molar-refractivity contribution in [1.82, 2.24) is 29.8 Å². The molecule has 4 aliphatic heterocycles. The van der Waals surface area contributed by atoms with E-state index in [9.17, 15) is 14.4 Å². The maximum atomic E-state index is 13.2. The van der Waals surface area contributed by atoms with Gasteiger partial charge in [-0.1, -0.05) is 38.1 Å². The van der Waals surface area contributed by atoms with E-state index in [1.807, 2.05) is 77.0 Å². The summed E-state index contributed by atoms with van der Waals surface area (Å²) in [6.45, 7) is 30.0. The minimum absolute atomic E-state index is 0.0107. The van der Waals surface area contributed by atoms with Gasteiger partial charge >= 0.3 is 12.2 Å². The van der Waals surface area contributed by atoms with Crippen LogP contribution in [0.3, 0.4) is 0 Å². The van der Waals surface area contributed by atoms with Gasteiger partial charge < -0.3 is 39.3 Å². The SMILES string of the molecule is CC(C)C(=O)N1C[C@H](c2cccc(N3CCN(C)CC3)c2)N(C(=O)OC(C)(C)C)C[C@H]1C.C[C@@H]1CN(C(=O)OC(C)(C)C)[C@@H](c2cccc(N3CCN(C)CC3)c2)CN1. The Morgan fingerprint density at radius 3 is 1.51 bits per heavy atom. The number of hydrogen-bond donors (Lipinski definition) is 1. The molecule has 13 nitrogen and oxygen atoms in total. The highest BCUT2D eigenvalue weighted by molar-refractivity contribution is 5.79. The molecule has 2 aromatic carbocycles. The summed E-state index contributed by atoms with van der Waals surface area (Å²) < 4.78 is 11.4. The van der Waals surface area contributed by atoms with Crippen molar-refractivity contribution < 1.29 is 23.9 Å². The molecule has 0 radical (unpaired) electrons. The Hall–Kier alpha value is -4.07. The maximum Gasteiger partial charge on any atom is 0.410 e. The van der Waals surface area contributed by atoms with Crippen LogP contribution in [0.4, 0.5) is 21.0 Å². The molecule has 2 aromatic rings. The molecule has 0 aromatic heterocycles. The average Bonchev–Trinajstić information content (AvgIpc) is 3.17. The number of carbonyl (C=O) groups is 3. The van der Waals surface area contributed by atoms with Gasteiger partial charge in [0.1, 0.15) is 11.2 Å². The number of hydrogen-bond acceptors (Lipinski definition) is 10. The number of carbonyl (C=O) groups excluding carboxylic acids is 3. The molecule has 6 rings (SSSR count). The monoisotopic (exact) mass is 819 g/mol. The summed E-state index contributed by atoms with van der Waals surface area (Å²) in [6.07, 6.45) is -0.554. The van der Waals surface area contributed by atoms with Crippen molar-refractivity contribution in [2.24, 2.45) is 5.92 Å². The van der Waals surface area contributed by atoms with Crippen LogP contribution in [0.5, 0.6) is 0 Å². The molecule has 1 N–H and O–H groups in total. The Kier molecular flexibility index (Phi) is 15.2. The molecule has 4 atom stereocenters. The number of benzene rings is 2. The highest BCUT2D eigenvalue weighted by Crippen LogP contribution is 2.33. The number of amides is 3. The average molecular weight is 819 g/mol. The number of ether oxygens (including phenoxy) is 2. The first kappa shape index (κ1) is 46.0. The molecular weight excluding hydrogens is 745 g/mol. The molecule has 0 bridgehead atoms. The fraction of sp³-hybridized carbons (Fsp3) is 0.674. The number of nitrogens with one attached hydrogen (secondary N) is 1. The molecule has 328 valence electrons. The van der Waals surface area contributed by atoms with Crippen molar-refractivity contribution in [2.45, 2.75) is 105 Å². The van der Waals surface area contributed by atoms with E-state index in [-0.39, 0.29) is 48.2 Å². The second kappa shape index (κ2) is 19.5. The lowest BCUT2D eigenvalue weighted by Crippen LogP contribution is -2.58. The zero-order valence-electron chi connectivity index (χ0n) is 38.2. The topological polar surface area (TPSA) is 104 Å². The van der Waals surface area contributed by atoms with Crippen molar-refractivity contribution >= 4 is 29.5 Å². The fourth-order valence-electron chi connectivity index (χ4n) is 8.14. The molecule has 3 amide bonds.